The first-order valence-electron chi connectivity index (χ1n) is 6.33. The number of hydrogen-bond donors (Lipinski definition) is 2. The zero-order valence-corrected chi connectivity index (χ0v) is 10.3. The highest BCUT2D eigenvalue weighted by Crippen LogP contribution is 2.25. The molecule has 0 bridgehead atoms. The number of H-pyrrole nitrogens is 1. The van der Waals surface area contributed by atoms with Gasteiger partial charge in [-0.15, -0.1) is 0 Å². The molecule has 1 saturated heterocycles. The summed E-state index contributed by atoms with van der Waals surface area (Å²) in [5, 5.41) is 2.92. The van der Waals surface area contributed by atoms with E-state index < -0.39 is 0 Å². The Hall–Kier alpha value is -1.52. The zero-order valence-electron chi connectivity index (χ0n) is 10.3. The molecule has 1 aromatic heterocycles. The summed E-state index contributed by atoms with van der Waals surface area (Å²) in [6.07, 6.45) is 6.61. The molecule has 94 valence electrons. The highest BCUT2D eigenvalue weighted by Gasteiger charge is 2.24. The van der Waals surface area contributed by atoms with Crippen LogP contribution in [0.15, 0.2) is 12.4 Å². The van der Waals surface area contributed by atoms with Gasteiger partial charge in [0.25, 0.3) is 0 Å². The predicted octanol–water partition coefficient (Wildman–Crippen LogP) is 1.71. The van der Waals surface area contributed by atoms with Crippen LogP contribution in [0.5, 0.6) is 0 Å². The van der Waals surface area contributed by atoms with Gasteiger partial charge in [-0.25, -0.2) is 9.78 Å². The molecule has 0 unspecified atom stereocenters. The van der Waals surface area contributed by atoms with Gasteiger partial charge in [0.1, 0.15) is 5.82 Å². The third kappa shape index (κ3) is 2.99. The van der Waals surface area contributed by atoms with Crippen LogP contribution in [0.25, 0.3) is 0 Å². The molecule has 2 heterocycles. The Labute approximate surface area is 102 Å². The maximum absolute atomic E-state index is 11.7. The molecule has 0 radical (unpaired) electrons. The van der Waals surface area contributed by atoms with Crippen molar-refractivity contribution in [2.24, 2.45) is 0 Å². The van der Waals surface area contributed by atoms with Gasteiger partial charge in [-0.2, -0.15) is 0 Å². The second-order valence-corrected chi connectivity index (χ2v) is 4.47. The standard InChI is InChI=1S/C12H20N4O/c1-2-5-15-12(17)16-8-3-10(4-9-16)11-13-6-7-14-11/h6-7,10H,2-5,8-9H2,1H3,(H,13,14)(H,15,17). The monoisotopic (exact) mass is 236 g/mol. The zero-order chi connectivity index (χ0) is 12.1. The normalized spacial score (nSPS) is 17.1. The van der Waals surface area contributed by atoms with Crippen molar-refractivity contribution in [3.8, 4) is 0 Å². The second kappa shape index (κ2) is 5.70. The molecule has 1 aliphatic heterocycles. The van der Waals surface area contributed by atoms with Gasteiger partial charge in [-0.05, 0) is 19.3 Å². The summed E-state index contributed by atoms with van der Waals surface area (Å²) in [6.45, 7) is 4.46. The molecule has 0 aromatic carbocycles. The number of likely N-dealkylation sites (tertiary alicyclic amines) is 1. The number of carbonyl (C=O) groups is 1. The van der Waals surface area contributed by atoms with Gasteiger partial charge in [0.05, 0.1) is 0 Å². The fourth-order valence-corrected chi connectivity index (χ4v) is 2.20. The molecule has 0 atom stereocenters. The van der Waals surface area contributed by atoms with Gasteiger partial charge < -0.3 is 15.2 Å². The highest BCUT2D eigenvalue weighted by molar-refractivity contribution is 5.74. The Morgan fingerprint density at radius 3 is 2.94 bits per heavy atom. The summed E-state index contributed by atoms with van der Waals surface area (Å²) in [5.41, 5.74) is 0. The number of carbonyl (C=O) groups excluding carboxylic acids is 1. The first-order valence-corrected chi connectivity index (χ1v) is 6.33. The fraction of sp³-hybridized carbons (Fsp3) is 0.667. The van der Waals surface area contributed by atoms with E-state index in [2.05, 4.69) is 22.2 Å². The van der Waals surface area contributed by atoms with Gasteiger partial charge >= 0.3 is 6.03 Å². The van der Waals surface area contributed by atoms with Gasteiger partial charge in [0.15, 0.2) is 0 Å². The molecule has 0 aliphatic carbocycles. The molecule has 5 heteroatoms. The number of aromatic amines is 1. The smallest absolute Gasteiger partial charge is 0.317 e. The van der Waals surface area contributed by atoms with Crippen LogP contribution in [-0.2, 0) is 0 Å². The summed E-state index contributed by atoms with van der Waals surface area (Å²) in [6, 6.07) is 0.0738. The van der Waals surface area contributed by atoms with Crippen LogP contribution in [0, 0.1) is 0 Å². The van der Waals surface area contributed by atoms with Crippen LogP contribution >= 0.6 is 0 Å². The Kier molecular flexibility index (Phi) is 4.01. The number of amides is 2. The van der Waals surface area contributed by atoms with Gasteiger partial charge in [-0.3, -0.25) is 0 Å². The number of aromatic nitrogens is 2. The van der Waals surface area contributed by atoms with Crippen LogP contribution in [0.1, 0.15) is 37.9 Å². The highest BCUT2D eigenvalue weighted by atomic mass is 16.2. The van der Waals surface area contributed by atoms with Crippen molar-refractivity contribution in [2.75, 3.05) is 19.6 Å². The van der Waals surface area contributed by atoms with E-state index in [1.807, 2.05) is 11.1 Å². The molecule has 2 amide bonds. The van der Waals surface area contributed by atoms with Crippen molar-refractivity contribution in [3.05, 3.63) is 18.2 Å². The lowest BCUT2D eigenvalue weighted by Gasteiger charge is -2.31. The average Bonchev–Trinajstić information content (AvgIpc) is 2.90. The van der Waals surface area contributed by atoms with Crippen molar-refractivity contribution in [1.29, 1.82) is 0 Å². The van der Waals surface area contributed by atoms with E-state index in [0.717, 1.165) is 44.7 Å². The molecule has 2 N–H and O–H groups in total. The third-order valence-corrected chi connectivity index (χ3v) is 3.21. The molecular formula is C12H20N4O. The third-order valence-electron chi connectivity index (χ3n) is 3.21. The molecule has 17 heavy (non-hydrogen) atoms. The lowest BCUT2D eigenvalue weighted by molar-refractivity contribution is 0.180. The van der Waals surface area contributed by atoms with Crippen LogP contribution in [0.4, 0.5) is 4.79 Å². The first-order chi connectivity index (χ1) is 8.31. The molecule has 1 aromatic rings. The van der Waals surface area contributed by atoms with Crippen LogP contribution in [0.2, 0.25) is 0 Å². The van der Waals surface area contributed by atoms with Gasteiger partial charge in [0.2, 0.25) is 0 Å². The molecule has 1 fully saturated rings. The molecule has 5 nitrogen and oxygen atoms in total. The molecule has 0 saturated carbocycles. The van der Waals surface area contributed by atoms with E-state index >= 15 is 0 Å². The van der Waals surface area contributed by atoms with Gasteiger partial charge in [-0.1, -0.05) is 6.92 Å². The number of urea groups is 1. The Balaban J connectivity index is 1.80. The largest absolute Gasteiger partial charge is 0.348 e. The summed E-state index contributed by atoms with van der Waals surface area (Å²) in [7, 11) is 0. The van der Waals surface area contributed by atoms with Crippen molar-refractivity contribution in [2.45, 2.75) is 32.1 Å². The van der Waals surface area contributed by atoms with E-state index in [1.54, 1.807) is 6.20 Å². The van der Waals surface area contributed by atoms with E-state index in [9.17, 15) is 4.79 Å². The Bertz CT molecular complexity index is 341. The van der Waals surface area contributed by atoms with E-state index in [-0.39, 0.29) is 6.03 Å². The maximum atomic E-state index is 11.7. The Morgan fingerprint density at radius 1 is 1.59 bits per heavy atom. The minimum absolute atomic E-state index is 0.0738. The Morgan fingerprint density at radius 2 is 2.35 bits per heavy atom. The van der Waals surface area contributed by atoms with Crippen molar-refractivity contribution in [1.82, 2.24) is 20.2 Å². The summed E-state index contributed by atoms with van der Waals surface area (Å²) >= 11 is 0. The number of hydrogen-bond acceptors (Lipinski definition) is 2. The van der Waals surface area contributed by atoms with Gasteiger partial charge in [0, 0.05) is 37.9 Å². The molecular weight excluding hydrogens is 216 g/mol. The number of imidazole rings is 1. The minimum Gasteiger partial charge on any atom is -0.348 e. The number of nitrogens with one attached hydrogen (secondary N) is 2. The number of piperidine rings is 1. The second-order valence-electron chi connectivity index (χ2n) is 4.47. The lowest BCUT2D eigenvalue weighted by atomic mass is 9.96. The van der Waals surface area contributed by atoms with Crippen molar-refractivity contribution < 1.29 is 4.79 Å². The van der Waals surface area contributed by atoms with Crippen LogP contribution in [-0.4, -0.2) is 40.5 Å². The first kappa shape index (κ1) is 12.0. The van der Waals surface area contributed by atoms with Crippen molar-refractivity contribution in [3.63, 3.8) is 0 Å². The van der Waals surface area contributed by atoms with E-state index in [4.69, 9.17) is 0 Å². The van der Waals surface area contributed by atoms with Crippen LogP contribution < -0.4 is 5.32 Å². The minimum atomic E-state index is 0.0738. The molecule has 0 spiro atoms. The SMILES string of the molecule is CCCNC(=O)N1CCC(c2ncc[nH]2)CC1. The lowest BCUT2D eigenvalue weighted by Crippen LogP contribution is -2.44. The summed E-state index contributed by atoms with van der Waals surface area (Å²) < 4.78 is 0. The average molecular weight is 236 g/mol. The fourth-order valence-electron chi connectivity index (χ4n) is 2.20. The quantitative estimate of drug-likeness (QED) is 0.839. The van der Waals surface area contributed by atoms with Crippen molar-refractivity contribution >= 4 is 6.03 Å². The summed E-state index contributed by atoms with van der Waals surface area (Å²) in [4.78, 5) is 21.1. The summed E-state index contributed by atoms with van der Waals surface area (Å²) in [5.74, 6) is 1.53. The van der Waals surface area contributed by atoms with E-state index in [0.29, 0.717) is 5.92 Å². The number of rotatable bonds is 3. The molecule has 2 rings (SSSR count). The predicted molar refractivity (Wildman–Crippen MR) is 65.8 cm³/mol. The van der Waals surface area contributed by atoms with E-state index in [1.165, 1.54) is 0 Å². The maximum Gasteiger partial charge on any atom is 0.317 e. The number of nitrogens with zero attached hydrogens (tertiary/aromatic N) is 2. The topological polar surface area (TPSA) is 61.0 Å². The molecule has 1 aliphatic rings. The van der Waals surface area contributed by atoms with Crippen LogP contribution in [0.3, 0.4) is 0 Å².